The molecule has 4 atom stereocenters. The van der Waals surface area contributed by atoms with Crippen molar-refractivity contribution in [3.05, 3.63) is 64.2 Å². The second kappa shape index (κ2) is 8.60. The molecule has 0 N–H and O–H groups in total. The van der Waals surface area contributed by atoms with Crippen LogP contribution in [0, 0.1) is 42.0 Å². The van der Waals surface area contributed by atoms with E-state index in [1.807, 2.05) is 6.92 Å². The molecule has 4 unspecified atom stereocenters. The summed E-state index contributed by atoms with van der Waals surface area (Å²) in [5.74, 6) is -3.18. The van der Waals surface area contributed by atoms with Crippen LogP contribution >= 0.6 is 0 Å². The molecule has 5 heteroatoms. The number of halogens is 4. The van der Waals surface area contributed by atoms with Crippen LogP contribution < -0.4 is 4.74 Å². The lowest BCUT2D eigenvalue weighted by Crippen LogP contribution is -2.14. The molecule has 2 aliphatic carbocycles. The Morgan fingerprint density at radius 1 is 0.767 bits per heavy atom. The van der Waals surface area contributed by atoms with Gasteiger partial charge in [-0.2, -0.15) is 4.39 Å². The molecule has 2 aromatic rings. The average Bonchev–Trinajstić information content (AvgIpc) is 3.33. The molecule has 2 saturated carbocycles. The van der Waals surface area contributed by atoms with Gasteiger partial charge in [0.1, 0.15) is 0 Å². The molecule has 2 aromatic carbocycles. The van der Waals surface area contributed by atoms with Crippen molar-refractivity contribution < 1.29 is 22.3 Å². The normalized spacial score (nSPS) is 25.5. The van der Waals surface area contributed by atoms with Gasteiger partial charge in [0.25, 0.3) is 0 Å². The van der Waals surface area contributed by atoms with Crippen LogP contribution in [0.2, 0.25) is 0 Å². The molecule has 2 aliphatic rings. The second-order valence-corrected chi connectivity index (χ2v) is 8.78. The van der Waals surface area contributed by atoms with E-state index in [0.717, 1.165) is 38.5 Å². The van der Waals surface area contributed by atoms with E-state index >= 15 is 0 Å². The molecule has 2 fully saturated rings. The summed E-state index contributed by atoms with van der Waals surface area (Å²) in [5, 5.41) is 0. The summed E-state index contributed by atoms with van der Waals surface area (Å²) >= 11 is 0. The van der Waals surface area contributed by atoms with Gasteiger partial charge in [-0.1, -0.05) is 31.5 Å². The van der Waals surface area contributed by atoms with Gasteiger partial charge in [-0.25, -0.2) is 13.2 Å². The highest BCUT2D eigenvalue weighted by Gasteiger charge is 2.47. The molecule has 0 radical (unpaired) electrons. The predicted octanol–water partition coefficient (Wildman–Crippen LogP) is 7.42. The van der Waals surface area contributed by atoms with Crippen molar-refractivity contribution >= 4 is 0 Å². The van der Waals surface area contributed by atoms with Crippen LogP contribution in [0.3, 0.4) is 0 Å². The van der Waals surface area contributed by atoms with Crippen LogP contribution in [-0.4, -0.2) is 6.61 Å². The van der Waals surface area contributed by atoms with Gasteiger partial charge in [0, 0.05) is 0 Å². The van der Waals surface area contributed by atoms with Crippen molar-refractivity contribution in [2.75, 3.05) is 6.61 Å². The topological polar surface area (TPSA) is 9.23 Å². The third kappa shape index (κ3) is 3.61. The summed E-state index contributed by atoms with van der Waals surface area (Å²) < 4.78 is 63.5. The SMILES string of the molecule is CCCCOc1ccc(C2CCC3C(c4ccc(C)c(F)c4F)CCC23)c(F)c1F. The Kier molecular flexibility index (Phi) is 6.08. The van der Waals surface area contributed by atoms with E-state index in [1.54, 1.807) is 25.1 Å². The lowest BCUT2D eigenvalue weighted by molar-refractivity contribution is 0.287. The summed E-state index contributed by atoms with van der Waals surface area (Å²) in [4.78, 5) is 0. The van der Waals surface area contributed by atoms with Crippen LogP contribution in [0.25, 0.3) is 0 Å². The Morgan fingerprint density at radius 3 is 1.93 bits per heavy atom. The Bertz CT molecular complexity index is 926. The summed E-state index contributed by atoms with van der Waals surface area (Å²) in [5.41, 5.74) is 1.12. The molecule has 4 rings (SSSR count). The highest BCUT2D eigenvalue weighted by molar-refractivity contribution is 5.36. The van der Waals surface area contributed by atoms with Gasteiger partial charge in [0.2, 0.25) is 5.82 Å². The molecular weight excluding hydrogens is 392 g/mol. The first kappa shape index (κ1) is 21.2. The number of hydrogen-bond acceptors (Lipinski definition) is 1. The summed E-state index contributed by atoms with van der Waals surface area (Å²) in [6.45, 7) is 3.92. The predicted molar refractivity (Wildman–Crippen MR) is 109 cm³/mol. The van der Waals surface area contributed by atoms with E-state index < -0.39 is 23.3 Å². The van der Waals surface area contributed by atoms with E-state index in [-0.39, 0.29) is 29.4 Å². The number of unbranched alkanes of at least 4 members (excludes halogenated alkanes) is 1. The maximum Gasteiger partial charge on any atom is 0.200 e. The maximum absolute atomic E-state index is 14.9. The Balaban J connectivity index is 1.55. The molecule has 0 spiro atoms. The minimum absolute atomic E-state index is 0.0410. The van der Waals surface area contributed by atoms with E-state index in [2.05, 4.69) is 0 Å². The molecule has 0 heterocycles. The average molecular weight is 420 g/mol. The third-order valence-corrected chi connectivity index (χ3v) is 7.14. The Morgan fingerprint density at radius 2 is 1.33 bits per heavy atom. The molecule has 0 amide bonds. The lowest BCUT2D eigenvalue weighted by Gasteiger charge is -2.23. The first-order chi connectivity index (χ1) is 14.4. The largest absolute Gasteiger partial charge is 0.490 e. The zero-order chi connectivity index (χ0) is 21.4. The zero-order valence-corrected chi connectivity index (χ0v) is 17.5. The van der Waals surface area contributed by atoms with E-state index in [0.29, 0.717) is 23.3 Å². The highest BCUT2D eigenvalue weighted by Crippen LogP contribution is 2.58. The first-order valence-electron chi connectivity index (χ1n) is 11.0. The van der Waals surface area contributed by atoms with Crippen molar-refractivity contribution in [1.82, 2.24) is 0 Å². The number of fused-ring (bicyclic) bond motifs is 1. The van der Waals surface area contributed by atoms with Gasteiger partial charge in [0.15, 0.2) is 23.2 Å². The van der Waals surface area contributed by atoms with Crippen LogP contribution in [0.5, 0.6) is 5.75 Å². The molecule has 30 heavy (non-hydrogen) atoms. The molecule has 0 aliphatic heterocycles. The fourth-order valence-electron chi connectivity index (χ4n) is 5.59. The van der Waals surface area contributed by atoms with Gasteiger partial charge in [-0.3, -0.25) is 0 Å². The van der Waals surface area contributed by atoms with E-state index in [4.69, 9.17) is 4.74 Å². The summed E-state index contributed by atoms with van der Waals surface area (Å²) in [6.07, 6.45) is 4.80. The Hall–Kier alpha value is -2.04. The number of rotatable bonds is 6. The monoisotopic (exact) mass is 420 g/mol. The van der Waals surface area contributed by atoms with E-state index in [9.17, 15) is 17.6 Å². The Labute approximate surface area is 175 Å². The van der Waals surface area contributed by atoms with Gasteiger partial charge < -0.3 is 4.74 Å². The molecule has 0 bridgehead atoms. The number of benzene rings is 2. The fraction of sp³-hybridized carbons (Fsp3) is 0.520. The van der Waals surface area contributed by atoms with Crippen LogP contribution in [0.1, 0.15) is 74.0 Å². The van der Waals surface area contributed by atoms with Crippen molar-refractivity contribution in [2.45, 2.75) is 64.2 Å². The minimum Gasteiger partial charge on any atom is -0.490 e. The van der Waals surface area contributed by atoms with Gasteiger partial charge in [0.05, 0.1) is 6.61 Å². The standard InChI is InChI=1S/C25H28F4O/c1-3-4-13-30-21-12-11-20(24(28)25(21)29)18-10-8-15-16(18)7-9-17(15)19-6-5-14(2)22(26)23(19)27/h5-6,11-12,15-18H,3-4,7-10,13H2,1-2H3. The number of ether oxygens (including phenoxy) is 1. The summed E-state index contributed by atoms with van der Waals surface area (Å²) in [7, 11) is 0. The quantitative estimate of drug-likeness (QED) is 0.349. The molecule has 1 nitrogen and oxygen atoms in total. The van der Waals surface area contributed by atoms with Crippen molar-refractivity contribution in [3.8, 4) is 5.75 Å². The minimum atomic E-state index is -0.923. The van der Waals surface area contributed by atoms with Crippen LogP contribution in [-0.2, 0) is 0 Å². The zero-order valence-electron chi connectivity index (χ0n) is 17.5. The second-order valence-electron chi connectivity index (χ2n) is 8.78. The van der Waals surface area contributed by atoms with Crippen LogP contribution in [0.4, 0.5) is 17.6 Å². The molecule has 162 valence electrons. The van der Waals surface area contributed by atoms with Crippen molar-refractivity contribution in [3.63, 3.8) is 0 Å². The van der Waals surface area contributed by atoms with E-state index in [1.165, 1.54) is 6.07 Å². The maximum atomic E-state index is 14.9. The molecule has 0 saturated heterocycles. The first-order valence-corrected chi connectivity index (χ1v) is 11.0. The van der Waals surface area contributed by atoms with Gasteiger partial charge in [-0.05, 0) is 85.5 Å². The van der Waals surface area contributed by atoms with Crippen LogP contribution in [0.15, 0.2) is 24.3 Å². The lowest BCUT2D eigenvalue weighted by atomic mass is 9.82. The van der Waals surface area contributed by atoms with Crippen molar-refractivity contribution in [1.29, 1.82) is 0 Å². The number of aryl methyl sites for hydroxylation is 1. The smallest absolute Gasteiger partial charge is 0.200 e. The fourth-order valence-corrected chi connectivity index (χ4v) is 5.59. The van der Waals surface area contributed by atoms with Gasteiger partial charge >= 0.3 is 0 Å². The number of hydrogen-bond donors (Lipinski definition) is 0. The van der Waals surface area contributed by atoms with Crippen molar-refractivity contribution in [2.24, 2.45) is 11.8 Å². The molecule has 0 aromatic heterocycles. The van der Waals surface area contributed by atoms with Gasteiger partial charge in [-0.15, -0.1) is 0 Å². The third-order valence-electron chi connectivity index (χ3n) is 7.14. The summed E-state index contributed by atoms with van der Waals surface area (Å²) in [6, 6.07) is 6.49. The highest BCUT2D eigenvalue weighted by atomic mass is 19.2. The molecular formula is C25H28F4O.